The zero-order chi connectivity index (χ0) is 16.3. The molecule has 0 spiro atoms. The van der Waals surface area contributed by atoms with E-state index in [1.54, 1.807) is 0 Å². The van der Waals surface area contributed by atoms with Gasteiger partial charge in [0.25, 0.3) is 5.56 Å². The number of carbonyl (C=O) groups excluding carboxylic acids is 1. The van der Waals surface area contributed by atoms with Crippen LogP contribution in [0.25, 0.3) is 0 Å². The van der Waals surface area contributed by atoms with Crippen molar-refractivity contribution in [1.82, 2.24) is 9.55 Å². The minimum atomic E-state index is -0.237. The van der Waals surface area contributed by atoms with Crippen molar-refractivity contribution >= 4 is 11.6 Å². The first-order valence-electron chi connectivity index (χ1n) is 7.31. The highest BCUT2D eigenvalue weighted by Gasteiger charge is 2.10. The lowest BCUT2D eigenvalue weighted by Crippen LogP contribution is -2.28. The van der Waals surface area contributed by atoms with E-state index in [-0.39, 0.29) is 23.9 Å². The predicted molar refractivity (Wildman–Crippen MR) is 87.1 cm³/mol. The van der Waals surface area contributed by atoms with Gasteiger partial charge >= 0.3 is 0 Å². The van der Waals surface area contributed by atoms with Crippen molar-refractivity contribution in [3.63, 3.8) is 0 Å². The second-order valence-electron chi connectivity index (χ2n) is 5.75. The number of nitrogens with one attached hydrogen (secondary N) is 1. The van der Waals surface area contributed by atoms with Crippen LogP contribution in [0.2, 0.25) is 0 Å². The highest BCUT2D eigenvalue weighted by atomic mass is 16.2. The molecule has 0 unspecified atom stereocenters. The van der Waals surface area contributed by atoms with E-state index < -0.39 is 0 Å². The molecule has 0 aliphatic heterocycles. The van der Waals surface area contributed by atoms with Gasteiger partial charge in [0.2, 0.25) is 5.91 Å². The molecular formula is C17H21N3O2. The monoisotopic (exact) mass is 299 g/mol. The van der Waals surface area contributed by atoms with Gasteiger partial charge in [-0.15, -0.1) is 0 Å². The Kier molecular flexibility index (Phi) is 4.75. The maximum absolute atomic E-state index is 12.2. The van der Waals surface area contributed by atoms with Crippen molar-refractivity contribution in [2.75, 3.05) is 5.32 Å². The summed E-state index contributed by atoms with van der Waals surface area (Å²) >= 11 is 0. The molecule has 2 aromatic rings. The molecule has 1 heterocycles. The fraction of sp³-hybridized carbons (Fsp3) is 0.353. The van der Waals surface area contributed by atoms with Crippen LogP contribution in [0, 0.1) is 13.8 Å². The Bertz CT molecular complexity index is 728. The van der Waals surface area contributed by atoms with E-state index in [1.807, 2.05) is 45.9 Å². The van der Waals surface area contributed by atoms with Crippen LogP contribution in [0.15, 0.2) is 35.4 Å². The zero-order valence-corrected chi connectivity index (χ0v) is 13.4. The fourth-order valence-corrected chi connectivity index (χ4v) is 2.22. The Morgan fingerprint density at radius 1 is 1.27 bits per heavy atom. The first-order chi connectivity index (χ1) is 10.4. The molecule has 5 heteroatoms. The molecule has 22 heavy (non-hydrogen) atoms. The molecule has 0 saturated heterocycles. The summed E-state index contributed by atoms with van der Waals surface area (Å²) in [6.07, 6.45) is 1.43. The Balaban J connectivity index is 2.14. The molecule has 1 aromatic heterocycles. The van der Waals surface area contributed by atoms with Crippen molar-refractivity contribution in [2.24, 2.45) is 0 Å². The summed E-state index contributed by atoms with van der Waals surface area (Å²) in [6, 6.07) is 7.30. The van der Waals surface area contributed by atoms with Crippen molar-refractivity contribution in [2.45, 2.75) is 40.2 Å². The molecule has 0 aliphatic rings. The maximum Gasteiger partial charge on any atom is 0.254 e. The lowest BCUT2D eigenvalue weighted by atomic mass is 10.1. The number of hydrogen-bond acceptors (Lipinski definition) is 3. The van der Waals surface area contributed by atoms with Gasteiger partial charge in [-0.1, -0.05) is 32.0 Å². The number of aryl methyl sites for hydroxylation is 2. The third-order valence-corrected chi connectivity index (χ3v) is 3.55. The first-order valence-corrected chi connectivity index (χ1v) is 7.31. The smallest absolute Gasteiger partial charge is 0.254 e. The van der Waals surface area contributed by atoms with Gasteiger partial charge in [-0.25, -0.2) is 4.98 Å². The van der Waals surface area contributed by atoms with Crippen LogP contribution < -0.4 is 10.9 Å². The fourth-order valence-electron chi connectivity index (χ4n) is 2.22. The maximum atomic E-state index is 12.2. The Labute approximate surface area is 130 Å². The number of benzene rings is 1. The first kappa shape index (κ1) is 15.9. The van der Waals surface area contributed by atoms with Crippen molar-refractivity contribution < 1.29 is 4.79 Å². The molecule has 1 N–H and O–H groups in total. The van der Waals surface area contributed by atoms with Gasteiger partial charge in [-0.2, -0.15) is 0 Å². The van der Waals surface area contributed by atoms with E-state index in [0.29, 0.717) is 0 Å². The predicted octanol–water partition coefficient (Wildman–Crippen LogP) is 2.62. The van der Waals surface area contributed by atoms with Gasteiger partial charge in [0.05, 0.1) is 12.0 Å². The zero-order valence-electron chi connectivity index (χ0n) is 13.4. The summed E-state index contributed by atoms with van der Waals surface area (Å²) in [6.45, 7) is 7.78. The number of aromatic nitrogens is 2. The highest BCUT2D eigenvalue weighted by molar-refractivity contribution is 5.92. The molecule has 5 nitrogen and oxygen atoms in total. The van der Waals surface area contributed by atoms with Crippen molar-refractivity contribution in [3.05, 3.63) is 57.8 Å². The molecule has 0 saturated carbocycles. The van der Waals surface area contributed by atoms with E-state index >= 15 is 0 Å². The third kappa shape index (κ3) is 3.61. The Hall–Kier alpha value is -2.43. The Morgan fingerprint density at radius 2 is 1.91 bits per heavy atom. The van der Waals surface area contributed by atoms with Crippen molar-refractivity contribution in [1.29, 1.82) is 0 Å². The number of hydrogen-bond donors (Lipinski definition) is 1. The van der Waals surface area contributed by atoms with Crippen molar-refractivity contribution in [3.8, 4) is 0 Å². The molecule has 0 bridgehead atoms. The van der Waals surface area contributed by atoms with E-state index in [1.165, 1.54) is 17.0 Å². The standard InChI is InChI=1S/C17H21N3O2/c1-11(2)14-8-16(22)20(10-18-14)9-15(21)19-17-12(3)6-5-7-13(17)4/h5-8,10-11H,9H2,1-4H3,(H,19,21). The summed E-state index contributed by atoms with van der Waals surface area (Å²) in [7, 11) is 0. The van der Waals surface area contributed by atoms with Crippen LogP contribution in [0.4, 0.5) is 5.69 Å². The molecule has 0 fully saturated rings. The van der Waals surface area contributed by atoms with Crippen LogP contribution >= 0.6 is 0 Å². The van der Waals surface area contributed by atoms with Crippen LogP contribution in [0.1, 0.15) is 36.6 Å². The molecule has 1 amide bonds. The number of rotatable bonds is 4. The largest absolute Gasteiger partial charge is 0.324 e. The van der Waals surface area contributed by atoms with E-state index in [0.717, 1.165) is 22.5 Å². The lowest BCUT2D eigenvalue weighted by Gasteiger charge is -2.12. The number of amides is 1. The quantitative estimate of drug-likeness (QED) is 0.944. The molecule has 1 aromatic carbocycles. The van der Waals surface area contributed by atoms with E-state index in [4.69, 9.17) is 0 Å². The van der Waals surface area contributed by atoms with Gasteiger partial charge < -0.3 is 5.32 Å². The molecule has 0 radical (unpaired) electrons. The highest BCUT2D eigenvalue weighted by Crippen LogP contribution is 2.19. The SMILES string of the molecule is Cc1cccc(C)c1NC(=O)Cn1cnc(C(C)C)cc1=O. The summed E-state index contributed by atoms with van der Waals surface area (Å²) in [5.74, 6) is -0.0515. The van der Waals surface area contributed by atoms with E-state index in [2.05, 4.69) is 10.3 Å². The summed E-state index contributed by atoms with van der Waals surface area (Å²) in [4.78, 5) is 28.4. The van der Waals surface area contributed by atoms with Gasteiger partial charge in [0, 0.05) is 11.8 Å². The average Bonchev–Trinajstić information content (AvgIpc) is 2.45. The molecule has 2 rings (SSSR count). The Morgan fingerprint density at radius 3 is 2.45 bits per heavy atom. The van der Waals surface area contributed by atoms with Gasteiger partial charge in [-0.05, 0) is 30.9 Å². The number of nitrogens with zero attached hydrogens (tertiary/aromatic N) is 2. The van der Waals surface area contributed by atoms with Gasteiger partial charge in [0.1, 0.15) is 6.54 Å². The molecular weight excluding hydrogens is 278 g/mol. The number of para-hydroxylation sites is 1. The summed E-state index contributed by atoms with van der Waals surface area (Å²) in [5.41, 5.74) is 3.31. The number of carbonyl (C=O) groups is 1. The molecule has 0 atom stereocenters. The van der Waals surface area contributed by atoms with Crippen LogP contribution in [-0.2, 0) is 11.3 Å². The second-order valence-corrected chi connectivity index (χ2v) is 5.75. The van der Waals surface area contributed by atoms with E-state index in [9.17, 15) is 9.59 Å². The van der Waals surface area contributed by atoms with Gasteiger partial charge in [0.15, 0.2) is 0 Å². The normalized spacial score (nSPS) is 10.8. The minimum Gasteiger partial charge on any atom is -0.324 e. The van der Waals surface area contributed by atoms with Gasteiger partial charge in [-0.3, -0.25) is 14.2 Å². The van der Waals surface area contributed by atoms with Crippen LogP contribution in [0.3, 0.4) is 0 Å². The summed E-state index contributed by atoms with van der Waals surface area (Å²) < 4.78 is 1.31. The van der Waals surface area contributed by atoms with Crippen LogP contribution in [-0.4, -0.2) is 15.5 Å². The number of anilines is 1. The molecule has 0 aliphatic carbocycles. The lowest BCUT2D eigenvalue weighted by molar-refractivity contribution is -0.116. The molecule has 116 valence electrons. The summed E-state index contributed by atoms with van der Waals surface area (Å²) in [5, 5.41) is 2.87. The second kappa shape index (κ2) is 6.56. The third-order valence-electron chi connectivity index (χ3n) is 3.55. The average molecular weight is 299 g/mol. The minimum absolute atomic E-state index is 0.0437. The van der Waals surface area contributed by atoms with Crippen LogP contribution in [0.5, 0.6) is 0 Å². The topological polar surface area (TPSA) is 64.0 Å².